The molecule has 0 rings (SSSR count). The van der Waals surface area contributed by atoms with Crippen LogP contribution in [0.2, 0.25) is 0 Å². The van der Waals surface area contributed by atoms with Crippen molar-refractivity contribution in [2.45, 2.75) is 0 Å². The molecule has 0 amide bonds. The minimum Gasteiger partial charge on any atom is -0.197 e. The molecule has 0 aliphatic rings. The standard InChI is InChI=1S/Fe.H3P.H2S.H4Si/h;1H3;1H2;1H4. The van der Waals surface area contributed by atoms with E-state index in [9.17, 15) is 0 Å². The van der Waals surface area contributed by atoms with Gasteiger partial charge >= 0.3 is 0 Å². The van der Waals surface area contributed by atoms with Gasteiger partial charge in [0.15, 0.2) is 0 Å². The molecule has 0 heterocycles. The SMILES string of the molecule is P.S.[Fe].[SiH4]. The van der Waals surface area contributed by atoms with Gasteiger partial charge in [-0.15, -0.1) is 0 Å². The van der Waals surface area contributed by atoms with Crippen molar-refractivity contribution in [1.82, 2.24) is 0 Å². The summed E-state index contributed by atoms with van der Waals surface area (Å²) < 4.78 is 0. The van der Waals surface area contributed by atoms with Crippen LogP contribution in [-0.2, 0) is 17.1 Å². The first-order chi connectivity index (χ1) is 0. The molecule has 32 valence electrons. The van der Waals surface area contributed by atoms with Crippen LogP contribution in [0.3, 0.4) is 0 Å². The third kappa shape index (κ3) is 9.68. The maximum absolute atomic E-state index is 0. The molecular weight excluding hydrogens is 147 g/mol. The van der Waals surface area contributed by atoms with Gasteiger partial charge in [0.1, 0.15) is 0 Å². The molecule has 0 fully saturated rings. The summed E-state index contributed by atoms with van der Waals surface area (Å²) in [5, 5.41) is 0. The van der Waals surface area contributed by atoms with E-state index in [4.69, 9.17) is 0 Å². The molecule has 0 saturated carbocycles. The zero-order valence-electron chi connectivity index (χ0n) is 1.56. The molecule has 0 radical (unpaired) electrons. The minimum atomic E-state index is 0. The van der Waals surface area contributed by atoms with Crippen LogP contribution in [0.25, 0.3) is 0 Å². The molecule has 0 bridgehead atoms. The summed E-state index contributed by atoms with van der Waals surface area (Å²) in [6, 6.07) is 0. The van der Waals surface area contributed by atoms with E-state index in [-0.39, 0.29) is 51.4 Å². The van der Waals surface area contributed by atoms with Crippen molar-refractivity contribution in [3.05, 3.63) is 0 Å². The van der Waals surface area contributed by atoms with E-state index in [1.165, 1.54) is 0 Å². The zero-order chi connectivity index (χ0) is 0. The average molecular weight is 156 g/mol. The normalized spacial score (nSPS) is 0. The molecule has 4 heteroatoms. The Labute approximate surface area is 51.7 Å². The maximum atomic E-state index is 0. The summed E-state index contributed by atoms with van der Waals surface area (Å²) in [5.41, 5.74) is 0. The van der Waals surface area contributed by atoms with E-state index in [1.807, 2.05) is 0 Å². The van der Waals surface area contributed by atoms with Crippen LogP contribution in [0.15, 0.2) is 0 Å². The van der Waals surface area contributed by atoms with Crippen LogP contribution in [0, 0.1) is 0 Å². The van der Waals surface area contributed by atoms with E-state index in [0.29, 0.717) is 0 Å². The van der Waals surface area contributed by atoms with E-state index in [0.717, 1.165) is 0 Å². The van der Waals surface area contributed by atoms with Crippen LogP contribution in [0.4, 0.5) is 0 Å². The molecule has 0 aliphatic carbocycles. The van der Waals surface area contributed by atoms with Crippen molar-refractivity contribution >= 4 is 34.4 Å². The smallest absolute Gasteiger partial charge is 0 e. The number of hydrogen-bond donors (Lipinski definition) is 0. The van der Waals surface area contributed by atoms with E-state index in [1.54, 1.807) is 0 Å². The summed E-state index contributed by atoms with van der Waals surface area (Å²) in [6.07, 6.45) is 0. The van der Waals surface area contributed by atoms with Gasteiger partial charge in [0, 0.05) is 17.1 Å². The molecule has 4 heavy (non-hydrogen) atoms. The van der Waals surface area contributed by atoms with Gasteiger partial charge in [0.25, 0.3) is 0 Å². The summed E-state index contributed by atoms with van der Waals surface area (Å²) >= 11 is 0. The van der Waals surface area contributed by atoms with E-state index < -0.39 is 0 Å². The quantitative estimate of drug-likeness (QED) is 0.302. The van der Waals surface area contributed by atoms with Crippen molar-refractivity contribution in [2.75, 3.05) is 0 Å². The Bertz CT molecular complexity index is 8.00. The topological polar surface area (TPSA) is 0 Å². The van der Waals surface area contributed by atoms with Crippen molar-refractivity contribution < 1.29 is 17.1 Å². The van der Waals surface area contributed by atoms with Gasteiger partial charge in [-0.25, -0.2) is 0 Å². The van der Waals surface area contributed by atoms with Gasteiger partial charge in [-0.05, 0) is 11.0 Å². The second-order valence-corrected chi connectivity index (χ2v) is 0. The van der Waals surface area contributed by atoms with Crippen LogP contribution in [-0.4, -0.2) is 11.0 Å². The third-order valence-corrected chi connectivity index (χ3v) is 0. The van der Waals surface area contributed by atoms with Crippen LogP contribution < -0.4 is 0 Å². The molecule has 0 aromatic carbocycles. The maximum Gasteiger partial charge on any atom is 0 e. The molecule has 0 aliphatic heterocycles. The average Bonchev–Trinajstić information content (AvgIpc) is 0. The van der Waals surface area contributed by atoms with Crippen molar-refractivity contribution in [3.63, 3.8) is 0 Å². The monoisotopic (exact) mass is 156 g/mol. The molecule has 0 aromatic rings. The fourth-order valence-corrected chi connectivity index (χ4v) is 0. The summed E-state index contributed by atoms with van der Waals surface area (Å²) in [4.78, 5) is 0. The number of hydrogen-bond acceptors (Lipinski definition) is 0. The van der Waals surface area contributed by atoms with Crippen LogP contribution >= 0.6 is 23.4 Å². The summed E-state index contributed by atoms with van der Waals surface area (Å²) in [5.74, 6) is 0. The van der Waals surface area contributed by atoms with Crippen LogP contribution in [0.1, 0.15) is 0 Å². The van der Waals surface area contributed by atoms with Gasteiger partial charge in [-0.2, -0.15) is 23.4 Å². The fourth-order valence-electron chi connectivity index (χ4n) is 0. The first-order valence-corrected chi connectivity index (χ1v) is 0. The Balaban J connectivity index is 0. The molecule has 0 aromatic heterocycles. The predicted molar refractivity (Wildman–Crippen MR) is 32.8 cm³/mol. The first-order valence-electron chi connectivity index (χ1n) is 0. The molecule has 0 saturated heterocycles. The minimum absolute atomic E-state index is 0. The second kappa shape index (κ2) is 24.3. The van der Waals surface area contributed by atoms with Gasteiger partial charge in [0.2, 0.25) is 0 Å². The fraction of sp³-hybridized carbons (Fsp3) is 0. The molecule has 0 N–H and O–H groups in total. The van der Waals surface area contributed by atoms with Gasteiger partial charge in [-0.3, -0.25) is 0 Å². The Morgan fingerprint density at radius 2 is 1.00 bits per heavy atom. The molecule has 1 unspecified atom stereocenters. The predicted octanol–water partition coefficient (Wildman–Crippen LogP) is -1.28. The largest absolute Gasteiger partial charge is 0.197 e. The first kappa shape index (κ1) is 48.9. The van der Waals surface area contributed by atoms with Crippen molar-refractivity contribution in [1.29, 1.82) is 0 Å². The summed E-state index contributed by atoms with van der Waals surface area (Å²) in [6.45, 7) is 0. The van der Waals surface area contributed by atoms with Gasteiger partial charge in [0.05, 0.1) is 0 Å². The Morgan fingerprint density at radius 3 is 1.00 bits per heavy atom. The van der Waals surface area contributed by atoms with Crippen molar-refractivity contribution in [2.24, 2.45) is 0 Å². The summed E-state index contributed by atoms with van der Waals surface area (Å²) in [7, 11) is 0. The zero-order valence-corrected chi connectivity index (χ0v) is 5.08. The van der Waals surface area contributed by atoms with Gasteiger partial charge in [-0.1, -0.05) is 0 Å². The molecular formula is H9FePSSi. The van der Waals surface area contributed by atoms with E-state index in [2.05, 4.69) is 0 Å². The molecule has 0 nitrogen and oxygen atoms in total. The van der Waals surface area contributed by atoms with Crippen molar-refractivity contribution in [3.8, 4) is 0 Å². The third-order valence-electron chi connectivity index (χ3n) is 0. The Hall–Kier alpha value is 1.52. The second-order valence-electron chi connectivity index (χ2n) is 0. The van der Waals surface area contributed by atoms with E-state index >= 15 is 0 Å². The van der Waals surface area contributed by atoms with Crippen LogP contribution in [0.5, 0.6) is 0 Å². The Kier molecular flexibility index (Phi) is 297. The van der Waals surface area contributed by atoms with Gasteiger partial charge < -0.3 is 0 Å². The molecule has 1 atom stereocenters. The Morgan fingerprint density at radius 1 is 1.00 bits per heavy atom. The molecule has 0 spiro atoms. The number of rotatable bonds is 0.